The Morgan fingerprint density at radius 2 is 1.37 bits per heavy atom. The van der Waals surface area contributed by atoms with Crippen molar-refractivity contribution in [1.82, 2.24) is 9.62 Å². The number of carbonyl (C=O) groups excluding carboxylic acids is 4. The van der Waals surface area contributed by atoms with Gasteiger partial charge < -0.3 is 14.8 Å². The van der Waals surface area contributed by atoms with Crippen molar-refractivity contribution >= 4 is 45.5 Å². The highest BCUT2D eigenvalue weighted by molar-refractivity contribution is 8.76. The Hall–Kier alpha value is -3.12. The van der Waals surface area contributed by atoms with Gasteiger partial charge in [0.2, 0.25) is 0 Å². The van der Waals surface area contributed by atoms with Crippen LogP contribution in [0.25, 0.3) is 0 Å². The number of ether oxygens (including phenoxy) is 2. The first-order chi connectivity index (χ1) is 21.2. The molecule has 0 fully saturated rings. The van der Waals surface area contributed by atoms with E-state index in [2.05, 4.69) is 5.32 Å². The van der Waals surface area contributed by atoms with E-state index < -0.39 is 58.7 Å². The molecule has 0 aromatic heterocycles. The molecule has 2 unspecified atom stereocenters. The number of esters is 2. The van der Waals surface area contributed by atoms with E-state index in [1.807, 2.05) is 27.7 Å². The summed E-state index contributed by atoms with van der Waals surface area (Å²) in [5.74, 6) is -3.94. The maximum atomic E-state index is 14.5. The van der Waals surface area contributed by atoms with Crippen LogP contribution >= 0.6 is 21.8 Å². The third-order valence-electron chi connectivity index (χ3n) is 6.03. The Morgan fingerprint density at radius 1 is 0.804 bits per heavy atom. The topological polar surface area (TPSA) is 102 Å². The predicted molar refractivity (Wildman–Crippen MR) is 178 cm³/mol. The maximum absolute atomic E-state index is 14.5. The standard InChI is InChI=1S/C34H46F2N2O6S2/c1-20(2)16-26(31(41)43-33(5,6)7)37-29(39)25-19-24(36)14-15-28(25)45-46-38(30(40)22-12-11-13-23(35)18-22)27(17-21(3)4)32(42)44-34(8,9)10/h11-15,18-21,26-27H,16-17H2,1-10H3,(H,37,39). The molecule has 0 heterocycles. The molecule has 8 nitrogen and oxygen atoms in total. The SMILES string of the molecule is CC(C)CC(NC(=O)c1cc(F)ccc1SSN(C(=O)c1cccc(F)c1)C(CC(C)C)C(=O)OC(C)(C)C)C(=O)OC(C)(C)C. The van der Waals surface area contributed by atoms with Gasteiger partial charge in [-0.25, -0.2) is 18.4 Å². The van der Waals surface area contributed by atoms with Crippen LogP contribution in [0.3, 0.4) is 0 Å². The fourth-order valence-corrected chi connectivity index (χ4v) is 6.61. The number of hydrogen-bond donors (Lipinski definition) is 1. The Kier molecular flexibility index (Phi) is 14.1. The number of carbonyl (C=O) groups is 4. The number of hydrogen-bond acceptors (Lipinski definition) is 8. The van der Waals surface area contributed by atoms with Gasteiger partial charge in [0.05, 0.1) is 5.56 Å². The fraction of sp³-hybridized carbons (Fsp3) is 0.529. The molecule has 2 aromatic carbocycles. The smallest absolute Gasteiger partial charge is 0.330 e. The second-order valence-electron chi connectivity index (χ2n) is 13.8. The van der Waals surface area contributed by atoms with Crippen LogP contribution in [0, 0.1) is 23.5 Å². The first-order valence-electron chi connectivity index (χ1n) is 15.2. The van der Waals surface area contributed by atoms with Crippen LogP contribution in [0.1, 0.15) is 103 Å². The van der Waals surface area contributed by atoms with E-state index in [-0.39, 0.29) is 40.7 Å². The minimum absolute atomic E-state index is 0.0105. The van der Waals surface area contributed by atoms with Gasteiger partial charge in [0.1, 0.15) is 34.9 Å². The fourth-order valence-electron chi connectivity index (χ4n) is 4.21. The summed E-state index contributed by atoms with van der Waals surface area (Å²) in [4.78, 5) is 54.1. The van der Waals surface area contributed by atoms with Gasteiger partial charge in [-0.05, 0) is 113 Å². The number of nitrogens with one attached hydrogen (secondary N) is 1. The number of rotatable bonds is 13. The van der Waals surface area contributed by atoms with Crippen molar-refractivity contribution in [2.75, 3.05) is 0 Å². The Labute approximate surface area is 279 Å². The van der Waals surface area contributed by atoms with E-state index in [1.54, 1.807) is 41.5 Å². The van der Waals surface area contributed by atoms with Gasteiger partial charge in [-0.15, -0.1) is 0 Å². The normalized spacial score (nSPS) is 13.3. The van der Waals surface area contributed by atoms with Crippen LogP contribution in [-0.2, 0) is 19.1 Å². The zero-order valence-corrected chi connectivity index (χ0v) is 29.9. The second kappa shape index (κ2) is 16.6. The summed E-state index contributed by atoms with van der Waals surface area (Å²) in [6.07, 6.45) is 0.517. The number of nitrogens with zero attached hydrogens (tertiary/aromatic N) is 1. The van der Waals surface area contributed by atoms with Gasteiger partial charge in [-0.2, -0.15) is 0 Å². The molecule has 0 aliphatic carbocycles. The first kappa shape index (κ1) is 39.1. The molecule has 0 saturated heterocycles. The van der Waals surface area contributed by atoms with E-state index >= 15 is 0 Å². The molecular weight excluding hydrogens is 635 g/mol. The molecule has 2 rings (SSSR count). The van der Waals surface area contributed by atoms with Crippen molar-refractivity contribution in [1.29, 1.82) is 0 Å². The summed E-state index contributed by atoms with van der Waals surface area (Å²) >= 11 is 0. The minimum Gasteiger partial charge on any atom is -0.458 e. The molecule has 2 amide bonds. The van der Waals surface area contributed by atoms with Crippen LogP contribution in [0.5, 0.6) is 0 Å². The van der Waals surface area contributed by atoms with Crippen molar-refractivity contribution < 1.29 is 37.4 Å². The van der Waals surface area contributed by atoms with Crippen molar-refractivity contribution in [3.05, 3.63) is 65.2 Å². The lowest BCUT2D eigenvalue weighted by Gasteiger charge is -2.32. The summed E-state index contributed by atoms with van der Waals surface area (Å²) in [7, 11) is 1.80. The van der Waals surface area contributed by atoms with E-state index in [0.29, 0.717) is 0 Å². The van der Waals surface area contributed by atoms with Crippen LogP contribution in [0.15, 0.2) is 47.4 Å². The summed E-state index contributed by atoms with van der Waals surface area (Å²) in [6, 6.07) is 6.62. The molecule has 254 valence electrons. The van der Waals surface area contributed by atoms with Gasteiger partial charge in [-0.1, -0.05) is 33.8 Å². The molecule has 0 aliphatic heterocycles. The van der Waals surface area contributed by atoms with E-state index in [0.717, 1.165) is 40.0 Å². The summed E-state index contributed by atoms with van der Waals surface area (Å²) in [5, 5.41) is 2.69. The number of halogens is 2. The van der Waals surface area contributed by atoms with Crippen LogP contribution in [0.4, 0.5) is 8.78 Å². The summed E-state index contributed by atoms with van der Waals surface area (Å²) < 4.78 is 41.1. The highest BCUT2D eigenvalue weighted by atomic mass is 33.1. The Balaban J connectivity index is 2.51. The third kappa shape index (κ3) is 12.9. The molecule has 0 saturated carbocycles. The zero-order chi connectivity index (χ0) is 35.0. The summed E-state index contributed by atoms with van der Waals surface area (Å²) in [6.45, 7) is 17.9. The Bertz CT molecular complexity index is 1390. The monoisotopic (exact) mass is 680 g/mol. The summed E-state index contributed by atoms with van der Waals surface area (Å²) in [5.41, 5.74) is -1.70. The number of benzene rings is 2. The molecule has 2 atom stereocenters. The molecule has 0 bridgehead atoms. The lowest BCUT2D eigenvalue weighted by molar-refractivity contribution is -0.159. The largest absolute Gasteiger partial charge is 0.458 e. The molecule has 0 aliphatic rings. The molecule has 0 spiro atoms. The number of amides is 2. The average molecular weight is 681 g/mol. The molecule has 12 heteroatoms. The zero-order valence-electron chi connectivity index (χ0n) is 28.2. The quantitative estimate of drug-likeness (QED) is 0.129. The van der Waals surface area contributed by atoms with Gasteiger partial charge in [0, 0.05) is 21.4 Å². The predicted octanol–water partition coefficient (Wildman–Crippen LogP) is 8.01. The van der Waals surface area contributed by atoms with E-state index in [1.165, 1.54) is 28.6 Å². The lowest BCUT2D eigenvalue weighted by Crippen LogP contribution is -2.45. The third-order valence-corrected chi connectivity index (χ3v) is 8.46. The minimum atomic E-state index is -1.08. The van der Waals surface area contributed by atoms with Crippen LogP contribution < -0.4 is 5.32 Å². The van der Waals surface area contributed by atoms with Crippen LogP contribution in [0.2, 0.25) is 0 Å². The van der Waals surface area contributed by atoms with Crippen LogP contribution in [-0.4, -0.2) is 51.3 Å². The van der Waals surface area contributed by atoms with Gasteiger partial charge in [0.25, 0.3) is 11.8 Å². The highest BCUT2D eigenvalue weighted by Gasteiger charge is 2.36. The Morgan fingerprint density at radius 3 is 1.91 bits per heavy atom. The molecular formula is C34H46F2N2O6S2. The lowest BCUT2D eigenvalue weighted by atomic mass is 10.0. The van der Waals surface area contributed by atoms with Gasteiger partial charge in [0.15, 0.2) is 0 Å². The first-order valence-corrected chi connectivity index (χ1v) is 17.3. The van der Waals surface area contributed by atoms with E-state index in [9.17, 15) is 28.0 Å². The molecule has 0 radical (unpaired) electrons. The second-order valence-corrected chi connectivity index (χ2v) is 15.9. The highest BCUT2D eigenvalue weighted by Crippen LogP contribution is 2.40. The van der Waals surface area contributed by atoms with Crippen molar-refractivity contribution in [3.8, 4) is 0 Å². The van der Waals surface area contributed by atoms with Crippen molar-refractivity contribution in [3.63, 3.8) is 0 Å². The molecule has 46 heavy (non-hydrogen) atoms. The average Bonchev–Trinajstić information content (AvgIpc) is 2.90. The maximum Gasteiger partial charge on any atom is 0.330 e. The molecule has 2 aromatic rings. The van der Waals surface area contributed by atoms with E-state index in [4.69, 9.17) is 9.47 Å². The van der Waals surface area contributed by atoms with Gasteiger partial charge in [-0.3, -0.25) is 13.9 Å². The van der Waals surface area contributed by atoms with Crippen molar-refractivity contribution in [2.45, 2.75) is 110 Å². The van der Waals surface area contributed by atoms with Crippen molar-refractivity contribution in [2.24, 2.45) is 11.8 Å². The molecule has 1 N–H and O–H groups in total. The van der Waals surface area contributed by atoms with Gasteiger partial charge >= 0.3 is 11.9 Å².